The molecule has 0 saturated carbocycles. The zero-order chi connectivity index (χ0) is 17.3. The average molecular weight is 340 g/mol. The van der Waals surface area contributed by atoms with Crippen molar-refractivity contribution in [1.29, 1.82) is 0 Å². The van der Waals surface area contributed by atoms with Gasteiger partial charge >= 0.3 is 0 Å². The fourth-order valence-corrected chi connectivity index (χ4v) is 3.87. The number of hydrogen-bond donors (Lipinski definition) is 3. The van der Waals surface area contributed by atoms with Crippen molar-refractivity contribution in [2.75, 3.05) is 11.1 Å². The van der Waals surface area contributed by atoms with Gasteiger partial charge in [-0.25, -0.2) is 0 Å². The smallest absolute Gasteiger partial charge is 0.168 e. The Morgan fingerprint density at radius 3 is 2.54 bits per heavy atom. The molecule has 0 unspecified atom stereocenters. The van der Waals surface area contributed by atoms with Gasteiger partial charge < -0.3 is 16.8 Å². The molecule has 0 radical (unpaired) electrons. The van der Waals surface area contributed by atoms with E-state index in [2.05, 4.69) is 37.4 Å². The first-order valence-electron chi connectivity index (χ1n) is 8.68. The SMILES string of the molecule is CCCc1cc2c(c(CCC)c1NC(N)=S)Cc1cc(N)ccc1-2. The first-order chi connectivity index (χ1) is 11.5. The number of nitrogens with one attached hydrogen (secondary N) is 1. The summed E-state index contributed by atoms with van der Waals surface area (Å²) >= 11 is 5.13. The van der Waals surface area contributed by atoms with Crippen LogP contribution in [0, 0.1) is 0 Å². The topological polar surface area (TPSA) is 64.1 Å². The van der Waals surface area contributed by atoms with Gasteiger partial charge in [0.05, 0.1) is 0 Å². The molecule has 0 saturated heterocycles. The van der Waals surface area contributed by atoms with E-state index in [1.54, 1.807) is 0 Å². The van der Waals surface area contributed by atoms with Crippen LogP contribution >= 0.6 is 12.2 Å². The Morgan fingerprint density at radius 1 is 1.12 bits per heavy atom. The lowest BCUT2D eigenvalue weighted by atomic mass is 9.91. The zero-order valence-corrected chi connectivity index (χ0v) is 15.2. The molecular weight excluding hydrogens is 314 g/mol. The van der Waals surface area contributed by atoms with Gasteiger partial charge in [-0.1, -0.05) is 32.8 Å². The fourth-order valence-electron chi connectivity index (χ4n) is 3.77. The van der Waals surface area contributed by atoms with Crippen molar-refractivity contribution in [3.63, 3.8) is 0 Å². The summed E-state index contributed by atoms with van der Waals surface area (Å²) in [4.78, 5) is 0. The second-order valence-corrected chi connectivity index (χ2v) is 6.94. The monoisotopic (exact) mass is 339 g/mol. The minimum absolute atomic E-state index is 0.337. The molecule has 24 heavy (non-hydrogen) atoms. The van der Waals surface area contributed by atoms with Crippen LogP contribution in [-0.4, -0.2) is 5.11 Å². The lowest BCUT2D eigenvalue weighted by Gasteiger charge is -2.20. The highest BCUT2D eigenvalue weighted by molar-refractivity contribution is 7.80. The van der Waals surface area contributed by atoms with Crippen molar-refractivity contribution in [2.24, 2.45) is 5.73 Å². The quantitative estimate of drug-likeness (QED) is 0.476. The van der Waals surface area contributed by atoms with Gasteiger partial charge in [0.2, 0.25) is 0 Å². The Kier molecular flexibility index (Phi) is 4.76. The molecular formula is C20H25N3S. The van der Waals surface area contributed by atoms with E-state index in [0.29, 0.717) is 5.11 Å². The van der Waals surface area contributed by atoms with E-state index in [-0.39, 0.29) is 0 Å². The Hall–Kier alpha value is -2.07. The van der Waals surface area contributed by atoms with Crippen molar-refractivity contribution in [3.05, 3.63) is 46.5 Å². The van der Waals surface area contributed by atoms with Crippen molar-refractivity contribution in [3.8, 4) is 11.1 Å². The van der Waals surface area contributed by atoms with Crippen LogP contribution in [0.3, 0.4) is 0 Å². The number of nitrogens with two attached hydrogens (primary N) is 2. The molecule has 0 spiro atoms. The van der Waals surface area contributed by atoms with Crippen LogP contribution in [0.15, 0.2) is 24.3 Å². The van der Waals surface area contributed by atoms with Crippen LogP contribution in [-0.2, 0) is 19.3 Å². The average Bonchev–Trinajstić information content (AvgIpc) is 2.87. The molecule has 0 atom stereocenters. The second kappa shape index (κ2) is 6.81. The lowest BCUT2D eigenvalue weighted by Crippen LogP contribution is -2.21. The summed E-state index contributed by atoms with van der Waals surface area (Å²) in [6.07, 6.45) is 5.15. The Labute approximate surface area is 149 Å². The van der Waals surface area contributed by atoms with Crippen molar-refractivity contribution in [2.45, 2.75) is 46.0 Å². The standard InChI is InChI=1S/C20H25N3S/c1-3-5-12-10-17-15-8-7-14(21)9-13(15)11-18(17)16(6-4-2)19(12)23-20(22)24/h7-10H,3-6,11,21H2,1-2H3,(H3,22,23,24). The maximum atomic E-state index is 5.99. The summed E-state index contributed by atoms with van der Waals surface area (Å²) < 4.78 is 0. The van der Waals surface area contributed by atoms with E-state index in [0.717, 1.165) is 43.5 Å². The summed E-state index contributed by atoms with van der Waals surface area (Å²) in [5.74, 6) is 0. The van der Waals surface area contributed by atoms with Crippen LogP contribution in [0.2, 0.25) is 0 Å². The minimum Gasteiger partial charge on any atom is -0.399 e. The van der Waals surface area contributed by atoms with E-state index in [4.69, 9.17) is 23.7 Å². The van der Waals surface area contributed by atoms with Crippen LogP contribution in [0.4, 0.5) is 11.4 Å². The molecule has 1 aliphatic rings. The molecule has 0 amide bonds. The number of rotatable bonds is 5. The van der Waals surface area contributed by atoms with Crippen LogP contribution in [0.25, 0.3) is 11.1 Å². The third kappa shape index (κ3) is 2.98. The molecule has 0 fully saturated rings. The first kappa shape index (κ1) is 16.8. The van der Waals surface area contributed by atoms with E-state index < -0.39 is 0 Å². The van der Waals surface area contributed by atoms with Gasteiger partial charge in [-0.2, -0.15) is 0 Å². The molecule has 126 valence electrons. The number of anilines is 2. The molecule has 0 bridgehead atoms. The van der Waals surface area contributed by atoms with E-state index in [9.17, 15) is 0 Å². The van der Waals surface area contributed by atoms with E-state index in [1.807, 2.05) is 6.07 Å². The number of benzene rings is 2. The van der Waals surface area contributed by atoms with Gasteiger partial charge in [-0.15, -0.1) is 0 Å². The molecule has 4 heteroatoms. The molecule has 3 nitrogen and oxygen atoms in total. The lowest BCUT2D eigenvalue weighted by molar-refractivity contribution is 0.890. The van der Waals surface area contributed by atoms with E-state index >= 15 is 0 Å². The number of nitrogen functional groups attached to an aromatic ring is 1. The van der Waals surface area contributed by atoms with Crippen molar-refractivity contribution < 1.29 is 0 Å². The Bertz CT molecular complexity index is 796. The summed E-state index contributed by atoms with van der Waals surface area (Å²) in [5.41, 5.74) is 21.8. The summed E-state index contributed by atoms with van der Waals surface area (Å²) in [7, 11) is 0. The predicted molar refractivity (Wildman–Crippen MR) is 107 cm³/mol. The zero-order valence-electron chi connectivity index (χ0n) is 14.4. The minimum atomic E-state index is 0.337. The first-order valence-corrected chi connectivity index (χ1v) is 9.08. The molecule has 0 aliphatic heterocycles. The maximum Gasteiger partial charge on any atom is 0.168 e. The van der Waals surface area contributed by atoms with Gasteiger partial charge in [0.1, 0.15) is 0 Å². The third-order valence-electron chi connectivity index (χ3n) is 4.69. The summed E-state index contributed by atoms with van der Waals surface area (Å²) in [6, 6.07) is 8.57. The predicted octanol–water partition coefficient (Wildman–Crippen LogP) is 4.40. The van der Waals surface area contributed by atoms with Gasteiger partial charge in [-0.3, -0.25) is 0 Å². The Morgan fingerprint density at radius 2 is 1.88 bits per heavy atom. The highest BCUT2D eigenvalue weighted by Gasteiger charge is 2.25. The van der Waals surface area contributed by atoms with Gasteiger partial charge in [-0.05, 0) is 83.1 Å². The molecule has 0 aromatic heterocycles. The highest BCUT2D eigenvalue weighted by Crippen LogP contribution is 2.43. The van der Waals surface area contributed by atoms with Crippen LogP contribution in [0.1, 0.15) is 48.9 Å². The number of fused-ring (bicyclic) bond motifs is 3. The molecule has 1 aliphatic carbocycles. The maximum absolute atomic E-state index is 5.99. The van der Waals surface area contributed by atoms with Gasteiger partial charge in [0.15, 0.2) is 5.11 Å². The largest absolute Gasteiger partial charge is 0.399 e. The molecule has 3 rings (SSSR count). The molecule has 2 aromatic carbocycles. The van der Waals surface area contributed by atoms with Crippen molar-refractivity contribution >= 4 is 28.7 Å². The van der Waals surface area contributed by atoms with Crippen molar-refractivity contribution in [1.82, 2.24) is 0 Å². The molecule has 5 N–H and O–H groups in total. The third-order valence-corrected chi connectivity index (χ3v) is 4.79. The normalized spacial score (nSPS) is 11.9. The second-order valence-electron chi connectivity index (χ2n) is 6.50. The van der Waals surface area contributed by atoms with Gasteiger partial charge in [0, 0.05) is 11.4 Å². The van der Waals surface area contributed by atoms with Gasteiger partial charge in [0.25, 0.3) is 0 Å². The fraction of sp³-hybridized carbons (Fsp3) is 0.350. The van der Waals surface area contributed by atoms with E-state index in [1.165, 1.54) is 33.4 Å². The Balaban J connectivity index is 2.22. The highest BCUT2D eigenvalue weighted by atomic mass is 32.1. The summed E-state index contributed by atoms with van der Waals surface area (Å²) in [6.45, 7) is 4.41. The molecule has 0 heterocycles. The summed E-state index contributed by atoms with van der Waals surface area (Å²) in [5, 5.41) is 3.60. The number of thiocarbonyl (C=S) groups is 1. The number of aryl methyl sites for hydroxylation is 1. The van der Waals surface area contributed by atoms with Crippen LogP contribution < -0.4 is 16.8 Å². The van der Waals surface area contributed by atoms with Crippen LogP contribution in [0.5, 0.6) is 0 Å². The molecule has 2 aromatic rings. The number of hydrogen-bond acceptors (Lipinski definition) is 2.